The van der Waals surface area contributed by atoms with Crippen LogP contribution in [0.3, 0.4) is 0 Å². The van der Waals surface area contributed by atoms with Crippen LogP contribution in [0.2, 0.25) is 5.02 Å². The summed E-state index contributed by atoms with van der Waals surface area (Å²) >= 11 is 7.55. The van der Waals surface area contributed by atoms with Crippen LogP contribution < -0.4 is 19.5 Å². The highest BCUT2D eigenvalue weighted by Crippen LogP contribution is 2.41. The third-order valence-electron chi connectivity index (χ3n) is 4.30. The molecule has 1 N–H and O–H groups in total. The zero-order chi connectivity index (χ0) is 19.9. The molecule has 0 saturated heterocycles. The molecule has 3 rings (SSSR count). The van der Waals surface area contributed by atoms with Gasteiger partial charge in [-0.05, 0) is 36.7 Å². The van der Waals surface area contributed by atoms with Crippen molar-refractivity contribution in [2.24, 2.45) is 0 Å². The van der Waals surface area contributed by atoms with E-state index in [0.717, 1.165) is 39.2 Å². The molecule has 3 aromatic rings. The van der Waals surface area contributed by atoms with Gasteiger partial charge in [0, 0.05) is 29.4 Å². The smallest absolute Gasteiger partial charge is 0.164 e. The van der Waals surface area contributed by atoms with E-state index in [2.05, 4.69) is 22.4 Å². The molecule has 0 aliphatic rings. The van der Waals surface area contributed by atoms with Crippen LogP contribution in [-0.2, 0) is 13.0 Å². The van der Waals surface area contributed by atoms with Crippen molar-refractivity contribution >= 4 is 22.9 Å². The fourth-order valence-corrected chi connectivity index (χ4v) is 3.85. The zero-order valence-electron chi connectivity index (χ0n) is 16.1. The molecule has 0 unspecified atom stereocenters. The summed E-state index contributed by atoms with van der Waals surface area (Å²) < 4.78 is 16.3. The first-order valence-electron chi connectivity index (χ1n) is 8.85. The molecule has 0 radical (unpaired) electrons. The van der Waals surface area contributed by atoms with Gasteiger partial charge in [-0.1, -0.05) is 23.7 Å². The number of hydrogen-bond donors (Lipinski definition) is 1. The monoisotopic (exact) mass is 418 g/mol. The molecular weight excluding hydrogens is 396 g/mol. The van der Waals surface area contributed by atoms with Crippen molar-refractivity contribution in [3.63, 3.8) is 0 Å². The molecule has 0 atom stereocenters. The molecule has 2 aromatic carbocycles. The summed E-state index contributed by atoms with van der Waals surface area (Å²) in [6.07, 6.45) is 2.81. The van der Waals surface area contributed by atoms with E-state index < -0.39 is 0 Å². The van der Waals surface area contributed by atoms with Crippen LogP contribution in [0, 0.1) is 0 Å². The number of halogens is 1. The molecule has 0 saturated carbocycles. The van der Waals surface area contributed by atoms with Crippen LogP contribution in [0.4, 0.5) is 0 Å². The SMILES string of the molecule is COc1cc(OC)c(-c2cnc(CNCCc3ccc(Cl)cc3)s2)cc1OC. The Hall–Kier alpha value is -2.28. The summed E-state index contributed by atoms with van der Waals surface area (Å²) in [5, 5.41) is 5.22. The topological polar surface area (TPSA) is 52.6 Å². The van der Waals surface area contributed by atoms with Gasteiger partial charge in [-0.15, -0.1) is 11.3 Å². The van der Waals surface area contributed by atoms with Crippen molar-refractivity contribution in [3.8, 4) is 27.7 Å². The molecule has 28 heavy (non-hydrogen) atoms. The summed E-state index contributed by atoms with van der Waals surface area (Å²) in [4.78, 5) is 5.55. The molecule has 1 heterocycles. The number of nitrogens with zero attached hydrogens (tertiary/aromatic N) is 1. The molecule has 0 spiro atoms. The van der Waals surface area contributed by atoms with E-state index >= 15 is 0 Å². The Bertz CT molecular complexity index is 913. The molecule has 0 aliphatic heterocycles. The maximum Gasteiger partial charge on any atom is 0.164 e. The molecular formula is C21H23ClN2O3S. The van der Waals surface area contributed by atoms with Crippen LogP contribution in [0.1, 0.15) is 10.6 Å². The third kappa shape index (κ3) is 4.95. The Balaban J connectivity index is 1.64. The van der Waals surface area contributed by atoms with Crippen molar-refractivity contribution < 1.29 is 14.2 Å². The van der Waals surface area contributed by atoms with Gasteiger partial charge < -0.3 is 19.5 Å². The number of aromatic nitrogens is 1. The van der Waals surface area contributed by atoms with Crippen LogP contribution in [0.15, 0.2) is 42.6 Å². The largest absolute Gasteiger partial charge is 0.496 e. The predicted molar refractivity (Wildman–Crippen MR) is 114 cm³/mol. The highest BCUT2D eigenvalue weighted by Gasteiger charge is 2.15. The van der Waals surface area contributed by atoms with Crippen LogP contribution in [-0.4, -0.2) is 32.9 Å². The average molecular weight is 419 g/mol. The number of ether oxygens (including phenoxy) is 3. The second-order valence-corrected chi connectivity index (χ2v) is 7.63. The lowest BCUT2D eigenvalue weighted by molar-refractivity contribution is 0.349. The molecule has 5 nitrogen and oxygen atoms in total. The fraction of sp³-hybridized carbons (Fsp3) is 0.286. The van der Waals surface area contributed by atoms with Crippen molar-refractivity contribution in [1.29, 1.82) is 0 Å². The minimum Gasteiger partial charge on any atom is -0.496 e. The van der Waals surface area contributed by atoms with E-state index in [1.165, 1.54) is 5.56 Å². The standard InChI is InChI=1S/C21H23ClN2O3S/c1-25-17-11-19(27-3)18(26-2)10-16(17)20-12-24-21(28-20)13-23-9-8-14-4-6-15(22)7-5-14/h4-7,10-12,23H,8-9,13H2,1-3H3. The number of methoxy groups -OCH3 is 3. The van der Waals surface area contributed by atoms with E-state index in [4.69, 9.17) is 25.8 Å². The van der Waals surface area contributed by atoms with Crippen molar-refractivity contribution in [1.82, 2.24) is 10.3 Å². The lowest BCUT2D eigenvalue weighted by Crippen LogP contribution is -2.16. The van der Waals surface area contributed by atoms with Crippen LogP contribution >= 0.6 is 22.9 Å². The number of hydrogen-bond acceptors (Lipinski definition) is 6. The number of nitrogens with one attached hydrogen (secondary N) is 1. The van der Waals surface area contributed by atoms with Crippen molar-refractivity contribution in [2.45, 2.75) is 13.0 Å². The average Bonchev–Trinajstić information content (AvgIpc) is 3.20. The predicted octanol–water partition coefficient (Wildman–Crippen LogP) is 4.82. The Morgan fingerprint density at radius 2 is 1.64 bits per heavy atom. The summed E-state index contributed by atoms with van der Waals surface area (Å²) in [6, 6.07) is 11.7. The van der Waals surface area contributed by atoms with Gasteiger partial charge in [0.05, 0.1) is 26.2 Å². The van der Waals surface area contributed by atoms with Gasteiger partial charge >= 0.3 is 0 Å². The summed E-state index contributed by atoms with van der Waals surface area (Å²) in [7, 11) is 4.87. The lowest BCUT2D eigenvalue weighted by atomic mass is 10.1. The Kier molecular flexibility index (Phi) is 7.14. The van der Waals surface area contributed by atoms with Gasteiger partial charge in [0.15, 0.2) is 11.5 Å². The van der Waals surface area contributed by atoms with Crippen molar-refractivity contribution in [2.75, 3.05) is 27.9 Å². The minimum atomic E-state index is 0.636. The van der Waals surface area contributed by atoms with E-state index in [1.54, 1.807) is 32.7 Å². The Morgan fingerprint density at radius 3 is 2.32 bits per heavy atom. The normalized spacial score (nSPS) is 10.7. The third-order valence-corrected chi connectivity index (χ3v) is 5.59. The van der Waals surface area contributed by atoms with Gasteiger partial charge in [-0.25, -0.2) is 4.98 Å². The first kappa shape index (κ1) is 20.5. The molecule has 148 valence electrons. The maximum atomic E-state index is 5.92. The van der Waals surface area contributed by atoms with Crippen LogP contribution in [0.5, 0.6) is 17.2 Å². The van der Waals surface area contributed by atoms with Gasteiger partial charge in [0.1, 0.15) is 10.8 Å². The number of rotatable bonds is 9. The van der Waals surface area contributed by atoms with E-state index in [-0.39, 0.29) is 0 Å². The Morgan fingerprint density at radius 1 is 0.964 bits per heavy atom. The Labute approximate surface area is 174 Å². The summed E-state index contributed by atoms with van der Waals surface area (Å²) in [5.74, 6) is 2.02. The van der Waals surface area contributed by atoms with E-state index in [9.17, 15) is 0 Å². The molecule has 0 amide bonds. The van der Waals surface area contributed by atoms with Crippen LogP contribution in [0.25, 0.3) is 10.4 Å². The summed E-state index contributed by atoms with van der Waals surface area (Å²) in [5.41, 5.74) is 2.19. The first-order valence-corrected chi connectivity index (χ1v) is 10.0. The molecule has 1 aromatic heterocycles. The lowest BCUT2D eigenvalue weighted by Gasteiger charge is -2.12. The summed E-state index contributed by atoms with van der Waals surface area (Å²) in [6.45, 7) is 1.59. The second-order valence-electron chi connectivity index (χ2n) is 6.08. The highest BCUT2D eigenvalue weighted by atomic mass is 35.5. The number of thiazole rings is 1. The first-order chi connectivity index (χ1) is 13.6. The minimum absolute atomic E-state index is 0.636. The molecule has 0 aliphatic carbocycles. The second kappa shape index (κ2) is 9.78. The number of benzene rings is 2. The highest BCUT2D eigenvalue weighted by molar-refractivity contribution is 7.15. The molecule has 7 heteroatoms. The van der Waals surface area contributed by atoms with Gasteiger partial charge in [0.2, 0.25) is 0 Å². The zero-order valence-corrected chi connectivity index (χ0v) is 17.7. The van der Waals surface area contributed by atoms with Gasteiger partial charge in [-0.2, -0.15) is 0 Å². The molecule has 0 fully saturated rings. The van der Waals surface area contributed by atoms with E-state index in [0.29, 0.717) is 18.0 Å². The van der Waals surface area contributed by atoms with Gasteiger partial charge in [0.25, 0.3) is 0 Å². The van der Waals surface area contributed by atoms with E-state index in [1.807, 2.05) is 30.5 Å². The molecule has 0 bridgehead atoms. The van der Waals surface area contributed by atoms with Crippen molar-refractivity contribution in [3.05, 3.63) is 58.2 Å². The maximum absolute atomic E-state index is 5.92. The fourth-order valence-electron chi connectivity index (χ4n) is 2.82. The van der Waals surface area contributed by atoms with Gasteiger partial charge in [-0.3, -0.25) is 0 Å². The quantitative estimate of drug-likeness (QED) is 0.505.